The number of rotatable bonds is 4. The number of nitrogens with one attached hydrogen (secondary N) is 1. The average Bonchev–Trinajstić information content (AvgIpc) is 2.84. The fraction of sp³-hybridized carbons (Fsp3) is 0.438. The minimum atomic E-state index is 0.117. The summed E-state index contributed by atoms with van der Waals surface area (Å²) in [5.74, 6) is 0. The van der Waals surface area contributed by atoms with Gasteiger partial charge in [0.15, 0.2) is 0 Å². The summed E-state index contributed by atoms with van der Waals surface area (Å²) in [7, 11) is 0. The van der Waals surface area contributed by atoms with E-state index < -0.39 is 0 Å². The molecular formula is C16H23N3. The minimum Gasteiger partial charge on any atom is -0.306 e. The van der Waals surface area contributed by atoms with Crippen LogP contribution < -0.4 is 5.32 Å². The lowest BCUT2D eigenvalue weighted by Gasteiger charge is -2.19. The zero-order valence-electron chi connectivity index (χ0n) is 12.3. The summed E-state index contributed by atoms with van der Waals surface area (Å²) >= 11 is 0. The van der Waals surface area contributed by atoms with Crippen molar-refractivity contribution in [2.24, 2.45) is 0 Å². The highest BCUT2D eigenvalue weighted by Gasteiger charge is 2.09. The van der Waals surface area contributed by atoms with Gasteiger partial charge in [0.25, 0.3) is 0 Å². The van der Waals surface area contributed by atoms with E-state index in [9.17, 15) is 0 Å². The van der Waals surface area contributed by atoms with Crippen LogP contribution in [-0.4, -0.2) is 15.3 Å². The third-order valence-corrected chi connectivity index (χ3v) is 3.03. The standard InChI is InChI=1S/C16H23N3/c1-5-13-7-6-8-15(11-13)19-10-9-14(18-19)12-17-16(2,3)4/h6-11,17H,5,12H2,1-4H3. The first-order chi connectivity index (χ1) is 8.98. The van der Waals surface area contributed by atoms with E-state index >= 15 is 0 Å². The highest BCUT2D eigenvalue weighted by molar-refractivity contribution is 5.35. The molecule has 0 spiro atoms. The van der Waals surface area contributed by atoms with Gasteiger partial charge in [0.2, 0.25) is 0 Å². The number of aryl methyl sites for hydroxylation is 1. The molecule has 0 unspecified atom stereocenters. The molecule has 0 amide bonds. The van der Waals surface area contributed by atoms with Crippen molar-refractivity contribution in [3.8, 4) is 5.69 Å². The van der Waals surface area contributed by atoms with E-state index in [-0.39, 0.29) is 5.54 Å². The second-order valence-corrected chi connectivity index (χ2v) is 5.88. The van der Waals surface area contributed by atoms with E-state index in [0.717, 1.165) is 24.3 Å². The largest absolute Gasteiger partial charge is 0.306 e. The maximum Gasteiger partial charge on any atom is 0.0767 e. The van der Waals surface area contributed by atoms with Crippen molar-refractivity contribution in [3.63, 3.8) is 0 Å². The Balaban J connectivity index is 2.12. The summed E-state index contributed by atoms with van der Waals surface area (Å²) in [5, 5.41) is 8.06. The molecule has 0 saturated heterocycles. The summed E-state index contributed by atoms with van der Waals surface area (Å²) in [6, 6.07) is 10.6. The number of aromatic nitrogens is 2. The lowest BCUT2D eigenvalue weighted by atomic mass is 10.1. The van der Waals surface area contributed by atoms with Gasteiger partial charge in [-0.05, 0) is 51.0 Å². The molecule has 2 rings (SSSR count). The van der Waals surface area contributed by atoms with Crippen LogP contribution in [0, 0.1) is 0 Å². The highest BCUT2D eigenvalue weighted by atomic mass is 15.3. The second kappa shape index (κ2) is 5.57. The maximum absolute atomic E-state index is 4.61. The van der Waals surface area contributed by atoms with Gasteiger partial charge in [0.05, 0.1) is 11.4 Å². The fourth-order valence-corrected chi connectivity index (χ4v) is 1.87. The van der Waals surface area contributed by atoms with Crippen LogP contribution in [0.4, 0.5) is 0 Å². The van der Waals surface area contributed by atoms with Crippen molar-refractivity contribution in [2.45, 2.75) is 46.2 Å². The Morgan fingerprint density at radius 1 is 1.21 bits per heavy atom. The van der Waals surface area contributed by atoms with Crippen LogP contribution in [-0.2, 0) is 13.0 Å². The summed E-state index contributed by atoms with van der Waals surface area (Å²) in [4.78, 5) is 0. The third-order valence-electron chi connectivity index (χ3n) is 3.03. The molecule has 1 heterocycles. The monoisotopic (exact) mass is 257 g/mol. The normalized spacial score (nSPS) is 11.8. The number of nitrogens with zero attached hydrogens (tertiary/aromatic N) is 2. The first kappa shape index (κ1) is 13.8. The molecule has 102 valence electrons. The maximum atomic E-state index is 4.61. The van der Waals surface area contributed by atoms with Crippen molar-refractivity contribution >= 4 is 0 Å². The van der Waals surface area contributed by atoms with Gasteiger partial charge in [0.1, 0.15) is 0 Å². The number of benzene rings is 1. The smallest absolute Gasteiger partial charge is 0.0767 e. The van der Waals surface area contributed by atoms with Gasteiger partial charge in [-0.1, -0.05) is 19.1 Å². The topological polar surface area (TPSA) is 29.9 Å². The van der Waals surface area contributed by atoms with E-state index in [4.69, 9.17) is 0 Å². The van der Waals surface area contributed by atoms with Crippen LogP contribution in [0.2, 0.25) is 0 Å². The molecule has 0 aliphatic rings. The lowest BCUT2D eigenvalue weighted by molar-refractivity contribution is 0.420. The average molecular weight is 257 g/mol. The predicted molar refractivity (Wildman–Crippen MR) is 79.5 cm³/mol. The predicted octanol–water partition coefficient (Wildman–Crippen LogP) is 3.32. The zero-order valence-corrected chi connectivity index (χ0v) is 12.3. The Hall–Kier alpha value is -1.61. The molecule has 1 N–H and O–H groups in total. The van der Waals surface area contributed by atoms with Gasteiger partial charge in [-0.25, -0.2) is 4.68 Å². The Morgan fingerprint density at radius 2 is 2.00 bits per heavy atom. The van der Waals surface area contributed by atoms with Crippen molar-refractivity contribution in [3.05, 3.63) is 47.8 Å². The van der Waals surface area contributed by atoms with E-state index in [1.807, 2.05) is 10.9 Å². The Bertz CT molecular complexity index is 535. The van der Waals surface area contributed by atoms with Crippen LogP contribution in [0.5, 0.6) is 0 Å². The fourth-order valence-electron chi connectivity index (χ4n) is 1.87. The number of hydrogen-bond acceptors (Lipinski definition) is 2. The van der Waals surface area contributed by atoms with Crippen molar-refractivity contribution in [1.29, 1.82) is 0 Å². The molecule has 1 aromatic carbocycles. The Labute approximate surface area is 115 Å². The van der Waals surface area contributed by atoms with E-state index in [1.165, 1.54) is 5.56 Å². The SMILES string of the molecule is CCc1cccc(-n2ccc(CNC(C)(C)C)n2)c1. The minimum absolute atomic E-state index is 0.117. The van der Waals surface area contributed by atoms with Crippen molar-refractivity contribution < 1.29 is 0 Å². The van der Waals surface area contributed by atoms with Crippen LogP contribution in [0.25, 0.3) is 5.69 Å². The third kappa shape index (κ3) is 3.93. The molecule has 19 heavy (non-hydrogen) atoms. The molecule has 0 aliphatic carbocycles. The quantitative estimate of drug-likeness (QED) is 0.910. The molecule has 1 aromatic heterocycles. The van der Waals surface area contributed by atoms with E-state index in [1.54, 1.807) is 0 Å². The van der Waals surface area contributed by atoms with Crippen LogP contribution >= 0.6 is 0 Å². The Morgan fingerprint density at radius 3 is 2.68 bits per heavy atom. The van der Waals surface area contributed by atoms with Crippen LogP contribution in [0.3, 0.4) is 0 Å². The molecule has 3 heteroatoms. The van der Waals surface area contributed by atoms with Crippen molar-refractivity contribution in [1.82, 2.24) is 15.1 Å². The zero-order chi connectivity index (χ0) is 13.9. The molecule has 0 aliphatic heterocycles. The molecule has 0 bridgehead atoms. The first-order valence-electron chi connectivity index (χ1n) is 6.87. The van der Waals surface area contributed by atoms with Gasteiger partial charge < -0.3 is 5.32 Å². The first-order valence-corrected chi connectivity index (χ1v) is 6.87. The summed E-state index contributed by atoms with van der Waals surface area (Å²) in [6.07, 6.45) is 3.07. The van der Waals surface area contributed by atoms with Gasteiger partial charge >= 0.3 is 0 Å². The van der Waals surface area contributed by atoms with Gasteiger partial charge in [0, 0.05) is 18.3 Å². The number of hydrogen-bond donors (Lipinski definition) is 1. The van der Waals surface area contributed by atoms with Gasteiger partial charge in [-0.3, -0.25) is 0 Å². The van der Waals surface area contributed by atoms with Crippen molar-refractivity contribution in [2.75, 3.05) is 0 Å². The molecule has 0 atom stereocenters. The van der Waals surface area contributed by atoms with Gasteiger partial charge in [-0.2, -0.15) is 5.10 Å². The second-order valence-electron chi connectivity index (χ2n) is 5.88. The van der Waals surface area contributed by atoms with E-state index in [2.05, 4.69) is 68.4 Å². The molecule has 2 aromatic rings. The summed E-state index contributed by atoms with van der Waals surface area (Å²) in [5.41, 5.74) is 3.65. The van der Waals surface area contributed by atoms with Crippen LogP contribution in [0.1, 0.15) is 39.0 Å². The Kier molecular flexibility index (Phi) is 4.05. The molecular weight excluding hydrogens is 234 g/mol. The van der Waals surface area contributed by atoms with E-state index in [0.29, 0.717) is 0 Å². The molecule has 3 nitrogen and oxygen atoms in total. The molecule has 0 fully saturated rings. The molecule has 0 radical (unpaired) electrons. The molecule has 0 saturated carbocycles. The lowest BCUT2D eigenvalue weighted by Crippen LogP contribution is -2.35. The van der Waals surface area contributed by atoms with Gasteiger partial charge in [-0.15, -0.1) is 0 Å². The summed E-state index contributed by atoms with van der Waals surface area (Å²) < 4.78 is 1.94. The van der Waals surface area contributed by atoms with Crippen LogP contribution in [0.15, 0.2) is 36.5 Å². The highest BCUT2D eigenvalue weighted by Crippen LogP contribution is 2.11. The summed E-state index contributed by atoms with van der Waals surface area (Å²) in [6.45, 7) is 9.45.